The van der Waals surface area contributed by atoms with Gasteiger partial charge in [0.2, 0.25) is 5.91 Å². The Morgan fingerprint density at radius 3 is 3.00 bits per heavy atom. The van der Waals surface area contributed by atoms with Crippen molar-refractivity contribution >= 4 is 5.91 Å². The number of nitrogens with two attached hydrogens (primary N) is 1. The quantitative estimate of drug-likeness (QED) is 0.786. The van der Waals surface area contributed by atoms with Crippen LogP contribution in [-0.2, 0) is 11.2 Å². The molecule has 1 atom stereocenters. The SMILES string of the molecule is CC(CCc1ccco1)NC(=O)C1(N)CC1. The van der Waals surface area contributed by atoms with E-state index in [1.54, 1.807) is 6.26 Å². The molecule has 0 aromatic carbocycles. The average molecular weight is 222 g/mol. The summed E-state index contributed by atoms with van der Waals surface area (Å²) in [5.41, 5.74) is 5.23. The first-order chi connectivity index (χ1) is 7.60. The Hall–Kier alpha value is -1.29. The number of nitrogens with one attached hydrogen (secondary N) is 1. The van der Waals surface area contributed by atoms with Crippen LogP contribution in [0.2, 0.25) is 0 Å². The van der Waals surface area contributed by atoms with Crippen molar-refractivity contribution in [1.29, 1.82) is 0 Å². The second-order valence-electron chi connectivity index (χ2n) is 4.65. The van der Waals surface area contributed by atoms with Crippen molar-refractivity contribution in [2.45, 2.75) is 44.2 Å². The Morgan fingerprint density at radius 2 is 2.44 bits per heavy atom. The molecule has 2 rings (SSSR count). The molecule has 16 heavy (non-hydrogen) atoms. The van der Waals surface area contributed by atoms with Crippen molar-refractivity contribution < 1.29 is 9.21 Å². The maximum atomic E-state index is 11.6. The summed E-state index contributed by atoms with van der Waals surface area (Å²) in [5, 5.41) is 2.94. The normalized spacial score (nSPS) is 19.1. The molecule has 4 nitrogen and oxygen atoms in total. The van der Waals surface area contributed by atoms with Gasteiger partial charge in [-0.05, 0) is 38.3 Å². The predicted molar refractivity (Wildman–Crippen MR) is 60.8 cm³/mol. The van der Waals surface area contributed by atoms with Gasteiger partial charge in [-0.1, -0.05) is 0 Å². The van der Waals surface area contributed by atoms with E-state index < -0.39 is 5.54 Å². The summed E-state index contributed by atoms with van der Waals surface area (Å²) in [7, 11) is 0. The van der Waals surface area contributed by atoms with Crippen LogP contribution >= 0.6 is 0 Å². The van der Waals surface area contributed by atoms with Gasteiger partial charge in [0, 0.05) is 12.5 Å². The topological polar surface area (TPSA) is 68.3 Å². The van der Waals surface area contributed by atoms with Gasteiger partial charge in [0.05, 0.1) is 11.8 Å². The molecule has 1 aliphatic rings. The van der Waals surface area contributed by atoms with Crippen molar-refractivity contribution in [1.82, 2.24) is 5.32 Å². The molecule has 88 valence electrons. The van der Waals surface area contributed by atoms with Crippen molar-refractivity contribution in [3.63, 3.8) is 0 Å². The van der Waals surface area contributed by atoms with Crippen molar-refractivity contribution in [2.24, 2.45) is 5.73 Å². The van der Waals surface area contributed by atoms with Gasteiger partial charge in [-0.15, -0.1) is 0 Å². The molecule has 0 aliphatic heterocycles. The lowest BCUT2D eigenvalue weighted by Gasteiger charge is -2.16. The number of amides is 1. The van der Waals surface area contributed by atoms with Crippen LogP contribution in [-0.4, -0.2) is 17.5 Å². The molecule has 0 bridgehead atoms. The fourth-order valence-electron chi connectivity index (χ4n) is 1.62. The maximum Gasteiger partial charge on any atom is 0.240 e. The smallest absolute Gasteiger partial charge is 0.240 e. The van der Waals surface area contributed by atoms with Crippen LogP contribution in [0.15, 0.2) is 22.8 Å². The van der Waals surface area contributed by atoms with Crippen LogP contribution in [0.4, 0.5) is 0 Å². The minimum Gasteiger partial charge on any atom is -0.469 e. The number of carbonyl (C=O) groups excluding carboxylic acids is 1. The number of rotatable bonds is 5. The fraction of sp³-hybridized carbons (Fsp3) is 0.583. The van der Waals surface area contributed by atoms with Crippen LogP contribution < -0.4 is 11.1 Å². The second-order valence-corrected chi connectivity index (χ2v) is 4.65. The Balaban J connectivity index is 1.72. The number of carbonyl (C=O) groups is 1. The number of aryl methyl sites for hydroxylation is 1. The van der Waals surface area contributed by atoms with E-state index in [0.29, 0.717) is 0 Å². The average Bonchev–Trinajstić information content (AvgIpc) is 2.82. The lowest BCUT2D eigenvalue weighted by atomic mass is 10.1. The fourth-order valence-corrected chi connectivity index (χ4v) is 1.62. The molecule has 1 aromatic heterocycles. The van der Waals surface area contributed by atoms with Crippen molar-refractivity contribution in [3.8, 4) is 0 Å². The molecule has 1 aliphatic carbocycles. The molecule has 1 unspecified atom stereocenters. The van der Waals surface area contributed by atoms with Crippen LogP contribution in [0, 0.1) is 0 Å². The molecule has 0 radical (unpaired) electrons. The molecule has 1 saturated carbocycles. The first-order valence-electron chi connectivity index (χ1n) is 5.72. The monoisotopic (exact) mass is 222 g/mol. The largest absolute Gasteiger partial charge is 0.469 e. The van der Waals surface area contributed by atoms with Gasteiger partial charge in [0.15, 0.2) is 0 Å². The number of hydrogen-bond acceptors (Lipinski definition) is 3. The number of hydrogen-bond donors (Lipinski definition) is 2. The molecular weight excluding hydrogens is 204 g/mol. The highest BCUT2D eigenvalue weighted by Gasteiger charge is 2.46. The Labute approximate surface area is 95.2 Å². The van der Waals surface area contributed by atoms with Gasteiger partial charge in [-0.2, -0.15) is 0 Å². The summed E-state index contributed by atoms with van der Waals surface area (Å²) in [6.45, 7) is 1.99. The van der Waals surface area contributed by atoms with Crippen molar-refractivity contribution in [3.05, 3.63) is 24.2 Å². The third-order valence-electron chi connectivity index (χ3n) is 3.02. The standard InChI is InChI=1S/C12H18N2O2/c1-9(4-5-10-3-2-8-16-10)14-11(15)12(13)6-7-12/h2-3,8-9H,4-7,13H2,1H3,(H,14,15). The van der Waals surface area contributed by atoms with E-state index in [4.69, 9.17) is 10.2 Å². The van der Waals surface area contributed by atoms with Gasteiger partial charge >= 0.3 is 0 Å². The lowest BCUT2D eigenvalue weighted by Crippen LogP contribution is -2.46. The van der Waals surface area contributed by atoms with E-state index in [9.17, 15) is 4.79 Å². The van der Waals surface area contributed by atoms with E-state index >= 15 is 0 Å². The highest BCUT2D eigenvalue weighted by Crippen LogP contribution is 2.32. The molecule has 0 saturated heterocycles. The summed E-state index contributed by atoms with van der Waals surface area (Å²) in [5.74, 6) is 0.939. The highest BCUT2D eigenvalue weighted by atomic mass is 16.3. The molecule has 1 aromatic rings. The van der Waals surface area contributed by atoms with E-state index in [1.165, 1.54) is 0 Å². The minimum absolute atomic E-state index is 0.0144. The molecule has 4 heteroatoms. The van der Waals surface area contributed by atoms with E-state index in [1.807, 2.05) is 19.1 Å². The molecular formula is C12H18N2O2. The van der Waals surface area contributed by atoms with Gasteiger partial charge in [-0.25, -0.2) is 0 Å². The minimum atomic E-state index is -0.570. The highest BCUT2D eigenvalue weighted by molar-refractivity contribution is 5.89. The second kappa shape index (κ2) is 4.29. The van der Waals surface area contributed by atoms with Crippen molar-refractivity contribution in [2.75, 3.05) is 0 Å². The first-order valence-corrected chi connectivity index (χ1v) is 5.72. The molecule has 1 heterocycles. The van der Waals surface area contributed by atoms with Crippen LogP contribution in [0.25, 0.3) is 0 Å². The Morgan fingerprint density at radius 1 is 1.69 bits per heavy atom. The van der Waals surface area contributed by atoms with E-state index in [0.717, 1.165) is 31.4 Å². The van der Waals surface area contributed by atoms with E-state index in [-0.39, 0.29) is 11.9 Å². The number of furan rings is 1. The maximum absolute atomic E-state index is 11.6. The zero-order chi connectivity index (χ0) is 11.6. The summed E-state index contributed by atoms with van der Waals surface area (Å²) < 4.78 is 5.23. The van der Waals surface area contributed by atoms with Crippen LogP contribution in [0.1, 0.15) is 31.9 Å². The third-order valence-corrected chi connectivity index (χ3v) is 3.02. The summed E-state index contributed by atoms with van der Waals surface area (Å²) in [6, 6.07) is 3.95. The molecule has 0 spiro atoms. The lowest BCUT2D eigenvalue weighted by molar-refractivity contribution is -0.123. The zero-order valence-corrected chi connectivity index (χ0v) is 9.53. The predicted octanol–water partition coefficient (Wildman–Crippen LogP) is 1.21. The van der Waals surface area contributed by atoms with E-state index in [2.05, 4.69) is 5.32 Å². The zero-order valence-electron chi connectivity index (χ0n) is 9.53. The summed E-state index contributed by atoms with van der Waals surface area (Å²) in [4.78, 5) is 11.6. The first kappa shape index (κ1) is 11.2. The van der Waals surface area contributed by atoms with Gasteiger partial charge in [-0.3, -0.25) is 4.79 Å². The third kappa shape index (κ3) is 2.64. The van der Waals surface area contributed by atoms with Gasteiger partial charge in [0.25, 0.3) is 0 Å². The summed E-state index contributed by atoms with van der Waals surface area (Å²) in [6.07, 6.45) is 4.99. The van der Waals surface area contributed by atoms with Crippen LogP contribution in [0.3, 0.4) is 0 Å². The molecule has 1 fully saturated rings. The van der Waals surface area contributed by atoms with Gasteiger partial charge < -0.3 is 15.5 Å². The van der Waals surface area contributed by atoms with Gasteiger partial charge in [0.1, 0.15) is 5.76 Å². The summed E-state index contributed by atoms with van der Waals surface area (Å²) >= 11 is 0. The Bertz CT molecular complexity index is 355. The molecule has 1 amide bonds. The molecule has 3 N–H and O–H groups in total. The van der Waals surface area contributed by atoms with Crippen LogP contribution in [0.5, 0.6) is 0 Å². The Kier molecular flexibility index (Phi) is 3.01.